The van der Waals surface area contributed by atoms with Crippen LogP contribution >= 0.6 is 0 Å². The third kappa shape index (κ3) is 2.66. The van der Waals surface area contributed by atoms with Gasteiger partial charge in [0.25, 0.3) is 0 Å². The lowest BCUT2D eigenvalue weighted by Crippen LogP contribution is -2.44. The van der Waals surface area contributed by atoms with Gasteiger partial charge in [-0.2, -0.15) is 0 Å². The molecule has 1 fully saturated rings. The molecule has 1 heterocycles. The molecule has 4 heteroatoms. The summed E-state index contributed by atoms with van der Waals surface area (Å²) >= 11 is 0. The number of aryl methyl sites for hydroxylation is 1. The maximum atomic E-state index is 9.21. The van der Waals surface area contributed by atoms with Gasteiger partial charge in [0.1, 0.15) is 0 Å². The molecule has 1 aliphatic rings. The first-order chi connectivity index (χ1) is 8.19. The standard InChI is InChI=1S/C13H18O4/c1-10-2-4-11(5-3-10)12-16-8-13(6-14,7-15)9-17-12/h2-5,12,14-15H,6-9H2,1H3. The van der Waals surface area contributed by atoms with Crippen molar-refractivity contribution in [3.63, 3.8) is 0 Å². The SMILES string of the molecule is Cc1ccc(C2OCC(CO)(CO)CO2)cc1. The van der Waals surface area contributed by atoms with Crippen molar-refractivity contribution in [3.8, 4) is 0 Å². The lowest BCUT2D eigenvalue weighted by Gasteiger charge is -2.37. The molecule has 94 valence electrons. The third-order valence-electron chi connectivity index (χ3n) is 3.10. The van der Waals surface area contributed by atoms with E-state index in [2.05, 4.69) is 0 Å². The van der Waals surface area contributed by atoms with Gasteiger partial charge in [-0.1, -0.05) is 29.8 Å². The molecule has 2 N–H and O–H groups in total. The summed E-state index contributed by atoms with van der Waals surface area (Å²) in [6.45, 7) is 2.36. The number of aliphatic hydroxyl groups excluding tert-OH is 2. The minimum Gasteiger partial charge on any atom is -0.396 e. The van der Waals surface area contributed by atoms with Crippen molar-refractivity contribution in [2.24, 2.45) is 5.41 Å². The van der Waals surface area contributed by atoms with E-state index in [1.807, 2.05) is 31.2 Å². The van der Waals surface area contributed by atoms with Gasteiger partial charge in [0, 0.05) is 5.56 Å². The zero-order chi connectivity index (χ0) is 12.3. The zero-order valence-corrected chi connectivity index (χ0v) is 9.93. The van der Waals surface area contributed by atoms with Gasteiger partial charge < -0.3 is 19.7 Å². The van der Waals surface area contributed by atoms with Gasteiger partial charge in [0.15, 0.2) is 6.29 Å². The normalized spacial score (nSPS) is 20.4. The molecule has 0 unspecified atom stereocenters. The molecule has 0 spiro atoms. The van der Waals surface area contributed by atoms with Crippen LogP contribution in [0.3, 0.4) is 0 Å². The van der Waals surface area contributed by atoms with Gasteiger partial charge in [-0.25, -0.2) is 0 Å². The van der Waals surface area contributed by atoms with Gasteiger partial charge in [-0.05, 0) is 6.92 Å². The van der Waals surface area contributed by atoms with Crippen LogP contribution in [0.4, 0.5) is 0 Å². The number of rotatable bonds is 3. The minimum atomic E-state index is -0.665. The molecule has 2 rings (SSSR count). The summed E-state index contributed by atoms with van der Waals surface area (Å²) in [5.41, 5.74) is 1.48. The summed E-state index contributed by atoms with van der Waals surface area (Å²) in [4.78, 5) is 0. The lowest BCUT2D eigenvalue weighted by molar-refractivity contribution is -0.248. The van der Waals surface area contributed by atoms with E-state index in [0.717, 1.165) is 5.56 Å². The van der Waals surface area contributed by atoms with E-state index < -0.39 is 11.7 Å². The van der Waals surface area contributed by atoms with E-state index >= 15 is 0 Å². The molecule has 17 heavy (non-hydrogen) atoms. The van der Waals surface area contributed by atoms with Gasteiger partial charge in [-0.15, -0.1) is 0 Å². The van der Waals surface area contributed by atoms with Crippen LogP contribution in [-0.4, -0.2) is 36.6 Å². The molecule has 0 atom stereocenters. The van der Waals surface area contributed by atoms with Crippen LogP contribution in [0.2, 0.25) is 0 Å². The first kappa shape index (κ1) is 12.5. The van der Waals surface area contributed by atoms with E-state index in [1.54, 1.807) is 0 Å². The van der Waals surface area contributed by atoms with Crippen LogP contribution in [0.15, 0.2) is 24.3 Å². The van der Waals surface area contributed by atoms with Crippen molar-refractivity contribution in [2.45, 2.75) is 13.2 Å². The van der Waals surface area contributed by atoms with Crippen molar-refractivity contribution >= 4 is 0 Å². The summed E-state index contributed by atoms with van der Waals surface area (Å²) in [7, 11) is 0. The second kappa shape index (κ2) is 5.14. The van der Waals surface area contributed by atoms with Crippen molar-refractivity contribution in [1.29, 1.82) is 0 Å². The second-order valence-corrected chi connectivity index (χ2v) is 4.68. The fourth-order valence-corrected chi connectivity index (χ4v) is 1.74. The molecular formula is C13H18O4. The van der Waals surface area contributed by atoms with Crippen molar-refractivity contribution in [2.75, 3.05) is 26.4 Å². The van der Waals surface area contributed by atoms with Gasteiger partial charge in [0.2, 0.25) is 0 Å². The maximum absolute atomic E-state index is 9.21. The fraction of sp³-hybridized carbons (Fsp3) is 0.538. The van der Waals surface area contributed by atoms with E-state index in [9.17, 15) is 10.2 Å². The van der Waals surface area contributed by atoms with Crippen LogP contribution in [0.5, 0.6) is 0 Å². The summed E-state index contributed by atoms with van der Waals surface area (Å²) in [5, 5.41) is 18.4. The van der Waals surface area contributed by atoms with Crippen molar-refractivity contribution in [1.82, 2.24) is 0 Å². The Morgan fingerprint density at radius 3 is 2.12 bits per heavy atom. The Hall–Kier alpha value is -0.940. The van der Waals surface area contributed by atoms with E-state index in [-0.39, 0.29) is 13.2 Å². The van der Waals surface area contributed by atoms with E-state index in [0.29, 0.717) is 13.2 Å². The number of aliphatic hydroxyl groups is 2. The third-order valence-corrected chi connectivity index (χ3v) is 3.10. The highest BCUT2D eigenvalue weighted by Crippen LogP contribution is 2.31. The number of hydrogen-bond donors (Lipinski definition) is 2. The quantitative estimate of drug-likeness (QED) is 0.825. The first-order valence-electron chi connectivity index (χ1n) is 5.71. The Morgan fingerprint density at radius 2 is 1.65 bits per heavy atom. The summed E-state index contributed by atoms with van der Waals surface area (Å²) in [5.74, 6) is 0. The van der Waals surface area contributed by atoms with E-state index in [1.165, 1.54) is 5.56 Å². The number of benzene rings is 1. The molecule has 1 saturated heterocycles. The first-order valence-corrected chi connectivity index (χ1v) is 5.71. The molecule has 1 aromatic carbocycles. The lowest BCUT2D eigenvalue weighted by atomic mass is 9.91. The van der Waals surface area contributed by atoms with Crippen molar-refractivity contribution < 1.29 is 19.7 Å². The average molecular weight is 238 g/mol. The summed E-state index contributed by atoms with van der Waals surface area (Å²) in [6, 6.07) is 7.93. The van der Waals surface area contributed by atoms with Crippen molar-refractivity contribution in [3.05, 3.63) is 35.4 Å². The smallest absolute Gasteiger partial charge is 0.183 e. The van der Waals surface area contributed by atoms with Gasteiger partial charge in [-0.3, -0.25) is 0 Å². The average Bonchev–Trinajstić information content (AvgIpc) is 2.40. The Bertz CT molecular complexity index is 346. The largest absolute Gasteiger partial charge is 0.396 e. The predicted octanol–water partition coefficient (Wildman–Crippen LogP) is 1.01. The van der Waals surface area contributed by atoms with Crippen LogP contribution in [-0.2, 0) is 9.47 Å². The van der Waals surface area contributed by atoms with Crippen LogP contribution < -0.4 is 0 Å². The molecule has 0 aliphatic carbocycles. The highest BCUT2D eigenvalue weighted by Gasteiger charge is 2.36. The Morgan fingerprint density at radius 1 is 1.12 bits per heavy atom. The topological polar surface area (TPSA) is 58.9 Å². The Balaban J connectivity index is 2.01. The fourth-order valence-electron chi connectivity index (χ4n) is 1.74. The Kier molecular flexibility index (Phi) is 3.79. The van der Waals surface area contributed by atoms with E-state index in [4.69, 9.17) is 9.47 Å². The minimum absolute atomic E-state index is 0.135. The zero-order valence-electron chi connectivity index (χ0n) is 9.93. The maximum Gasteiger partial charge on any atom is 0.183 e. The van der Waals surface area contributed by atoms with Gasteiger partial charge >= 0.3 is 0 Å². The molecule has 0 saturated carbocycles. The molecule has 0 aromatic heterocycles. The monoisotopic (exact) mass is 238 g/mol. The number of hydrogen-bond acceptors (Lipinski definition) is 4. The molecular weight excluding hydrogens is 220 g/mol. The molecule has 0 bridgehead atoms. The molecule has 4 nitrogen and oxygen atoms in total. The molecule has 1 aliphatic heterocycles. The second-order valence-electron chi connectivity index (χ2n) is 4.68. The predicted molar refractivity (Wildman–Crippen MR) is 62.4 cm³/mol. The summed E-state index contributed by atoms with van der Waals surface area (Å²) < 4.78 is 11.1. The molecule has 0 radical (unpaired) electrons. The number of ether oxygens (including phenoxy) is 2. The summed E-state index contributed by atoms with van der Waals surface area (Å²) in [6.07, 6.45) is -0.401. The van der Waals surface area contributed by atoms with Gasteiger partial charge in [0.05, 0.1) is 31.8 Å². The Labute approximate surface area is 101 Å². The molecule has 0 amide bonds. The highest BCUT2D eigenvalue weighted by atomic mass is 16.7. The van der Waals surface area contributed by atoms with Crippen LogP contribution in [0.25, 0.3) is 0 Å². The highest BCUT2D eigenvalue weighted by molar-refractivity contribution is 5.22. The van der Waals surface area contributed by atoms with Crippen LogP contribution in [0.1, 0.15) is 17.4 Å². The molecule has 1 aromatic rings. The van der Waals surface area contributed by atoms with Crippen LogP contribution in [0, 0.1) is 12.3 Å².